The Morgan fingerprint density at radius 3 is 2.71 bits per heavy atom. The molecule has 0 aliphatic carbocycles. The van der Waals surface area contributed by atoms with Gasteiger partial charge in [0.05, 0.1) is 5.57 Å². The number of rotatable bonds is 5. The number of carbonyl (C=O) groups excluding carboxylic acids is 1. The summed E-state index contributed by atoms with van der Waals surface area (Å²) in [5, 5.41) is 7.33. The van der Waals surface area contributed by atoms with E-state index in [0.717, 1.165) is 16.9 Å². The lowest BCUT2D eigenvalue weighted by atomic mass is 9.95. The molecule has 2 aromatic carbocycles. The zero-order chi connectivity index (χ0) is 19.7. The first kappa shape index (κ1) is 17.8. The largest absolute Gasteiger partial charge is 0.489 e. The molecule has 0 radical (unpaired) electrons. The van der Waals surface area contributed by atoms with Gasteiger partial charge in [0.15, 0.2) is 0 Å². The lowest BCUT2D eigenvalue weighted by Gasteiger charge is -2.27. The van der Waals surface area contributed by atoms with Crippen LogP contribution in [0.4, 0.5) is 5.95 Å². The Bertz CT molecular complexity index is 1050. The van der Waals surface area contributed by atoms with Crippen molar-refractivity contribution < 1.29 is 9.53 Å². The van der Waals surface area contributed by atoms with Gasteiger partial charge in [-0.3, -0.25) is 4.79 Å². The molecule has 0 fully saturated rings. The number of ether oxygens (including phenoxy) is 1. The molecule has 3 aromatic rings. The van der Waals surface area contributed by atoms with Crippen LogP contribution in [0.3, 0.4) is 0 Å². The van der Waals surface area contributed by atoms with Crippen LogP contribution in [0.2, 0.25) is 0 Å². The molecule has 0 saturated carbocycles. The quantitative estimate of drug-likeness (QED) is 0.715. The van der Waals surface area contributed by atoms with Crippen molar-refractivity contribution in [1.82, 2.24) is 14.8 Å². The normalized spacial score (nSPS) is 15.7. The van der Waals surface area contributed by atoms with Crippen LogP contribution in [0.25, 0.3) is 0 Å². The van der Waals surface area contributed by atoms with Gasteiger partial charge >= 0.3 is 0 Å². The Hall–Kier alpha value is -3.61. The fraction of sp³-hybridized carbons (Fsp3) is 0.190. The Kier molecular flexibility index (Phi) is 4.57. The van der Waals surface area contributed by atoms with Crippen LogP contribution in [0.1, 0.15) is 29.7 Å². The Balaban J connectivity index is 1.58. The summed E-state index contributed by atoms with van der Waals surface area (Å²) in [5.74, 6) is 0.836. The number of nitrogens with one attached hydrogen (secondary N) is 1. The molecule has 1 aromatic heterocycles. The predicted octanol–water partition coefficient (Wildman–Crippen LogP) is 2.94. The number of anilines is 1. The van der Waals surface area contributed by atoms with E-state index in [0.29, 0.717) is 23.8 Å². The molecule has 142 valence electrons. The van der Waals surface area contributed by atoms with Crippen molar-refractivity contribution in [2.75, 3.05) is 5.32 Å². The van der Waals surface area contributed by atoms with Crippen LogP contribution < -0.4 is 15.8 Å². The van der Waals surface area contributed by atoms with Gasteiger partial charge in [0.2, 0.25) is 11.9 Å². The van der Waals surface area contributed by atoms with E-state index in [-0.39, 0.29) is 0 Å². The minimum Gasteiger partial charge on any atom is -0.489 e. The van der Waals surface area contributed by atoms with Crippen molar-refractivity contribution >= 4 is 11.9 Å². The molecular weight excluding hydrogens is 354 g/mol. The van der Waals surface area contributed by atoms with Crippen LogP contribution in [-0.4, -0.2) is 20.7 Å². The standard InChI is InChI=1S/C21H21N5O2/c1-13-4-3-5-15(10-13)11-28-17-8-6-16(7-9-17)19-18(20(22)27)14(2)25-21-23-12-24-26(19)21/h3-10,12,19H,11H2,1-2H3,(H2,22,27)(H,23,24,25). The van der Waals surface area contributed by atoms with Crippen LogP contribution in [-0.2, 0) is 11.4 Å². The van der Waals surface area contributed by atoms with Gasteiger partial charge in [0, 0.05) is 5.70 Å². The number of hydrogen-bond donors (Lipinski definition) is 2. The average Bonchev–Trinajstić information content (AvgIpc) is 3.13. The molecule has 2 heterocycles. The second-order valence-electron chi connectivity index (χ2n) is 6.81. The summed E-state index contributed by atoms with van der Waals surface area (Å²) < 4.78 is 7.55. The van der Waals surface area contributed by atoms with E-state index in [4.69, 9.17) is 10.5 Å². The zero-order valence-electron chi connectivity index (χ0n) is 15.7. The number of aryl methyl sites for hydroxylation is 1. The van der Waals surface area contributed by atoms with Crippen LogP contribution in [0.5, 0.6) is 5.75 Å². The highest BCUT2D eigenvalue weighted by Crippen LogP contribution is 2.34. The van der Waals surface area contributed by atoms with Crippen molar-refractivity contribution in [2.24, 2.45) is 5.73 Å². The average molecular weight is 375 g/mol. The first-order valence-electron chi connectivity index (χ1n) is 8.98. The molecule has 1 aliphatic rings. The fourth-order valence-corrected chi connectivity index (χ4v) is 3.43. The van der Waals surface area contributed by atoms with E-state index in [1.165, 1.54) is 11.9 Å². The molecule has 1 amide bonds. The first-order chi connectivity index (χ1) is 13.5. The van der Waals surface area contributed by atoms with Crippen LogP contribution in [0, 0.1) is 6.92 Å². The van der Waals surface area contributed by atoms with Gasteiger partial charge in [0.25, 0.3) is 0 Å². The number of fused-ring (bicyclic) bond motifs is 1. The SMILES string of the molecule is CC1=C(C(N)=O)C(c2ccc(OCc3cccc(C)c3)cc2)n2ncnc2N1. The number of nitrogens with zero attached hydrogens (tertiary/aromatic N) is 3. The Morgan fingerprint density at radius 2 is 2.00 bits per heavy atom. The predicted molar refractivity (Wildman–Crippen MR) is 106 cm³/mol. The van der Waals surface area contributed by atoms with Crippen molar-refractivity contribution in [2.45, 2.75) is 26.5 Å². The summed E-state index contributed by atoms with van der Waals surface area (Å²) in [4.78, 5) is 16.3. The molecule has 4 rings (SSSR count). The maximum absolute atomic E-state index is 12.1. The molecule has 1 aliphatic heterocycles. The van der Waals surface area contributed by atoms with Crippen LogP contribution >= 0.6 is 0 Å². The van der Waals surface area contributed by atoms with E-state index in [2.05, 4.69) is 34.5 Å². The minimum absolute atomic E-state index is 0.429. The topological polar surface area (TPSA) is 95.1 Å². The second kappa shape index (κ2) is 7.19. The second-order valence-corrected chi connectivity index (χ2v) is 6.81. The molecule has 1 unspecified atom stereocenters. The number of hydrogen-bond acceptors (Lipinski definition) is 5. The number of amides is 1. The van der Waals surface area contributed by atoms with Gasteiger partial charge in [-0.25, -0.2) is 4.68 Å². The molecular formula is C21H21N5O2. The van der Waals surface area contributed by atoms with Gasteiger partial charge in [-0.05, 0) is 37.1 Å². The van der Waals surface area contributed by atoms with Crippen molar-refractivity contribution in [3.63, 3.8) is 0 Å². The molecule has 0 saturated heterocycles. The fourth-order valence-electron chi connectivity index (χ4n) is 3.43. The van der Waals surface area contributed by atoms with Crippen LogP contribution in [0.15, 0.2) is 66.1 Å². The maximum Gasteiger partial charge on any atom is 0.248 e. The van der Waals surface area contributed by atoms with E-state index in [1.54, 1.807) is 4.68 Å². The van der Waals surface area contributed by atoms with Crippen molar-refractivity contribution in [3.05, 3.63) is 82.8 Å². The van der Waals surface area contributed by atoms with Crippen molar-refractivity contribution in [1.29, 1.82) is 0 Å². The number of nitrogens with two attached hydrogens (primary N) is 1. The minimum atomic E-state index is -0.490. The van der Waals surface area contributed by atoms with Crippen molar-refractivity contribution in [3.8, 4) is 5.75 Å². The number of primary amides is 1. The lowest BCUT2D eigenvalue weighted by Crippen LogP contribution is -2.31. The molecule has 1 atom stereocenters. The molecule has 0 bridgehead atoms. The summed E-state index contributed by atoms with van der Waals surface area (Å²) in [6.07, 6.45) is 1.45. The Morgan fingerprint density at radius 1 is 1.21 bits per heavy atom. The highest BCUT2D eigenvalue weighted by atomic mass is 16.5. The number of carbonyl (C=O) groups is 1. The van der Waals surface area contributed by atoms with Gasteiger partial charge in [-0.1, -0.05) is 42.0 Å². The maximum atomic E-state index is 12.1. The summed E-state index contributed by atoms with van der Waals surface area (Å²) in [6, 6.07) is 15.4. The summed E-state index contributed by atoms with van der Waals surface area (Å²) in [7, 11) is 0. The third-order valence-electron chi connectivity index (χ3n) is 4.74. The molecule has 0 spiro atoms. The van der Waals surface area contributed by atoms with E-state index < -0.39 is 11.9 Å². The summed E-state index contributed by atoms with van der Waals surface area (Å²) in [6.45, 7) is 4.36. The zero-order valence-corrected chi connectivity index (χ0v) is 15.7. The van der Waals surface area contributed by atoms with Gasteiger partial charge in [-0.15, -0.1) is 0 Å². The van der Waals surface area contributed by atoms with Gasteiger partial charge in [-0.2, -0.15) is 10.1 Å². The van der Waals surface area contributed by atoms with E-state index >= 15 is 0 Å². The number of benzene rings is 2. The van der Waals surface area contributed by atoms with Gasteiger partial charge in [0.1, 0.15) is 24.7 Å². The third-order valence-corrected chi connectivity index (χ3v) is 4.74. The number of aromatic nitrogens is 3. The molecule has 28 heavy (non-hydrogen) atoms. The molecule has 7 heteroatoms. The monoisotopic (exact) mass is 375 g/mol. The van der Waals surface area contributed by atoms with E-state index in [9.17, 15) is 4.79 Å². The van der Waals surface area contributed by atoms with E-state index in [1.807, 2.05) is 43.3 Å². The van der Waals surface area contributed by atoms with Gasteiger partial charge < -0.3 is 15.8 Å². The number of allylic oxidation sites excluding steroid dienone is 1. The summed E-state index contributed by atoms with van der Waals surface area (Å²) >= 11 is 0. The third kappa shape index (κ3) is 3.34. The Labute approximate surface area is 162 Å². The molecule has 3 N–H and O–H groups in total. The smallest absolute Gasteiger partial charge is 0.248 e. The molecule has 7 nitrogen and oxygen atoms in total. The highest BCUT2D eigenvalue weighted by molar-refractivity contribution is 5.95. The highest BCUT2D eigenvalue weighted by Gasteiger charge is 2.32. The summed E-state index contributed by atoms with van der Waals surface area (Å²) in [5.41, 5.74) is 9.98. The lowest BCUT2D eigenvalue weighted by molar-refractivity contribution is -0.115. The first-order valence-corrected chi connectivity index (χ1v) is 8.98.